The Bertz CT molecular complexity index is 615. The minimum absolute atomic E-state index is 0.312. The lowest BCUT2D eigenvalue weighted by atomic mass is 10.2. The average molecular weight is 356 g/mol. The molecule has 2 aromatic heterocycles. The van der Waals surface area contributed by atoms with Gasteiger partial charge in [-0.25, -0.2) is 9.78 Å². The second-order valence-corrected chi connectivity index (χ2v) is 6.48. The van der Waals surface area contributed by atoms with Crippen LogP contribution >= 0.6 is 27.3 Å². The lowest BCUT2D eigenvalue weighted by Gasteiger charge is -2.08. The molecular weight excluding hydrogens is 342 g/mol. The molecule has 0 spiro atoms. The number of esters is 1. The SMILES string of the molecule is CCOC(=O)c1cc(NCc2ccc(Br)s2)ncc1N. The molecule has 0 bridgehead atoms. The number of thiophene rings is 1. The van der Waals surface area contributed by atoms with E-state index in [1.54, 1.807) is 24.3 Å². The first-order chi connectivity index (χ1) is 9.60. The summed E-state index contributed by atoms with van der Waals surface area (Å²) in [6, 6.07) is 5.61. The third-order valence-electron chi connectivity index (χ3n) is 2.50. The van der Waals surface area contributed by atoms with Crippen LogP contribution in [-0.4, -0.2) is 17.6 Å². The Morgan fingerprint density at radius 1 is 1.55 bits per heavy atom. The van der Waals surface area contributed by atoms with E-state index in [4.69, 9.17) is 10.5 Å². The largest absolute Gasteiger partial charge is 0.462 e. The molecule has 0 amide bonds. The maximum atomic E-state index is 11.7. The highest BCUT2D eigenvalue weighted by molar-refractivity contribution is 9.11. The normalized spacial score (nSPS) is 10.3. The van der Waals surface area contributed by atoms with Crippen LogP contribution in [0.3, 0.4) is 0 Å². The number of anilines is 2. The quantitative estimate of drug-likeness (QED) is 0.804. The van der Waals surface area contributed by atoms with Gasteiger partial charge in [0.1, 0.15) is 5.82 Å². The number of carbonyl (C=O) groups is 1. The van der Waals surface area contributed by atoms with Crippen molar-refractivity contribution in [3.05, 3.63) is 38.6 Å². The van der Waals surface area contributed by atoms with Crippen molar-refractivity contribution in [2.45, 2.75) is 13.5 Å². The van der Waals surface area contributed by atoms with Crippen LogP contribution in [0, 0.1) is 0 Å². The molecule has 0 aliphatic heterocycles. The summed E-state index contributed by atoms with van der Waals surface area (Å²) >= 11 is 5.05. The molecule has 2 heterocycles. The maximum absolute atomic E-state index is 11.7. The van der Waals surface area contributed by atoms with Crippen molar-refractivity contribution in [1.82, 2.24) is 4.98 Å². The zero-order chi connectivity index (χ0) is 14.5. The first-order valence-corrected chi connectivity index (χ1v) is 7.62. The third kappa shape index (κ3) is 3.71. The highest BCUT2D eigenvalue weighted by Crippen LogP contribution is 2.23. The smallest absolute Gasteiger partial charge is 0.340 e. The number of nitrogen functional groups attached to an aromatic ring is 1. The summed E-state index contributed by atoms with van der Waals surface area (Å²) in [6.07, 6.45) is 1.46. The van der Waals surface area contributed by atoms with Gasteiger partial charge in [-0.1, -0.05) is 0 Å². The molecule has 0 aliphatic rings. The average Bonchev–Trinajstić information content (AvgIpc) is 2.84. The van der Waals surface area contributed by atoms with E-state index >= 15 is 0 Å². The van der Waals surface area contributed by atoms with Gasteiger partial charge in [-0.15, -0.1) is 11.3 Å². The fraction of sp³-hybridized carbons (Fsp3) is 0.231. The van der Waals surface area contributed by atoms with E-state index in [0.717, 1.165) is 8.66 Å². The van der Waals surface area contributed by atoms with Crippen molar-refractivity contribution in [2.75, 3.05) is 17.7 Å². The fourth-order valence-electron chi connectivity index (χ4n) is 1.57. The summed E-state index contributed by atoms with van der Waals surface area (Å²) in [6.45, 7) is 2.70. The predicted octanol–water partition coefficient (Wildman–Crippen LogP) is 3.28. The number of nitrogens with one attached hydrogen (secondary N) is 1. The standard InChI is InChI=1S/C13H14BrN3O2S/c1-2-19-13(18)9-5-12(17-7-10(9)15)16-6-8-3-4-11(14)20-8/h3-5,7H,2,6,15H2,1H3,(H,16,17). The third-order valence-corrected chi connectivity index (χ3v) is 4.13. The molecule has 0 fully saturated rings. The summed E-state index contributed by atoms with van der Waals surface area (Å²) in [7, 11) is 0. The molecule has 106 valence electrons. The van der Waals surface area contributed by atoms with Crippen LogP contribution in [0.25, 0.3) is 0 Å². The van der Waals surface area contributed by atoms with Gasteiger partial charge in [0.2, 0.25) is 0 Å². The number of hydrogen-bond donors (Lipinski definition) is 2. The van der Waals surface area contributed by atoms with E-state index in [2.05, 4.69) is 26.2 Å². The van der Waals surface area contributed by atoms with Crippen LogP contribution in [0.1, 0.15) is 22.2 Å². The van der Waals surface area contributed by atoms with E-state index in [9.17, 15) is 4.79 Å². The molecule has 2 aromatic rings. The highest BCUT2D eigenvalue weighted by Gasteiger charge is 2.12. The van der Waals surface area contributed by atoms with Crippen LogP contribution in [-0.2, 0) is 11.3 Å². The zero-order valence-corrected chi connectivity index (χ0v) is 13.3. The number of ether oxygens (including phenoxy) is 1. The Balaban J connectivity index is 2.08. The van der Waals surface area contributed by atoms with Gasteiger partial charge in [-0.3, -0.25) is 0 Å². The molecule has 5 nitrogen and oxygen atoms in total. The lowest BCUT2D eigenvalue weighted by Crippen LogP contribution is -2.10. The lowest BCUT2D eigenvalue weighted by molar-refractivity contribution is 0.0527. The van der Waals surface area contributed by atoms with E-state index in [1.807, 2.05) is 12.1 Å². The molecule has 0 aliphatic carbocycles. The van der Waals surface area contributed by atoms with Crippen molar-refractivity contribution < 1.29 is 9.53 Å². The molecule has 20 heavy (non-hydrogen) atoms. The Hall–Kier alpha value is -1.60. The van der Waals surface area contributed by atoms with Gasteiger partial charge in [-0.05, 0) is 41.1 Å². The number of rotatable bonds is 5. The van der Waals surface area contributed by atoms with Crippen molar-refractivity contribution in [2.24, 2.45) is 0 Å². The summed E-state index contributed by atoms with van der Waals surface area (Å²) in [5, 5.41) is 3.15. The monoisotopic (exact) mass is 355 g/mol. The summed E-state index contributed by atoms with van der Waals surface area (Å²) in [5.74, 6) is 0.154. The first kappa shape index (κ1) is 14.8. The van der Waals surface area contributed by atoms with Gasteiger partial charge in [0.15, 0.2) is 0 Å². The Kier molecular flexibility index (Phi) is 4.97. The van der Waals surface area contributed by atoms with Gasteiger partial charge in [0.05, 0.1) is 34.4 Å². The number of carbonyl (C=O) groups excluding carboxylic acids is 1. The zero-order valence-electron chi connectivity index (χ0n) is 10.9. The maximum Gasteiger partial charge on any atom is 0.340 e. The summed E-state index contributed by atoms with van der Waals surface area (Å²) in [5.41, 5.74) is 6.38. The second-order valence-electron chi connectivity index (χ2n) is 3.94. The molecular formula is C13H14BrN3O2S. The van der Waals surface area contributed by atoms with E-state index in [0.29, 0.717) is 30.2 Å². The summed E-state index contributed by atoms with van der Waals surface area (Å²) in [4.78, 5) is 17.0. The number of hydrogen-bond acceptors (Lipinski definition) is 6. The van der Waals surface area contributed by atoms with Gasteiger partial charge in [-0.2, -0.15) is 0 Å². The topological polar surface area (TPSA) is 77.2 Å². The van der Waals surface area contributed by atoms with Gasteiger partial charge in [0.25, 0.3) is 0 Å². The van der Waals surface area contributed by atoms with Crippen molar-refractivity contribution in [3.8, 4) is 0 Å². The van der Waals surface area contributed by atoms with Crippen LogP contribution in [0.2, 0.25) is 0 Å². The molecule has 3 N–H and O–H groups in total. The number of nitrogens with two attached hydrogens (primary N) is 1. The van der Waals surface area contributed by atoms with Gasteiger partial charge >= 0.3 is 5.97 Å². The molecule has 0 radical (unpaired) electrons. The van der Waals surface area contributed by atoms with Crippen LogP contribution < -0.4 is 11.1 Å². The van der Waals surface area contributed by atoms with Crippen LogP contribution in [0.15, 0.2) is 28.2 Å². The van der Waals surface area contributed by atoms with E-state index in [1.165, 1.54) is 6.20 Å². The Labute approximate surface area is 129 Å². The van der Waals surface area contributed by atoms with Crippen molar-refractivity contribution in [3.63, 3.8) is 0 Å². The minimum Gasteiger partial charge on any atom is -0.462 e. The Morgan fingerprint density at radius 3 is 3.00 bits per heavy atom. The molecule has 0 aromatic carbocycles. The molecule has 2 rings (SSSR count). The summed E-state index contributed by atoms with van der Waals surface area (Å²) < 4.78 is 6.03. The van der Waals surface area contributed by atoms with Crippen LogP contribution in [0.4, 0.5) is 11.5 Å². The number of halogens is 1. The Morgan fingerprint density at radius 2 is 2.35 bits per heavy atom. The van der Waals surface area contributed by atoms with Gasteiger partial charge in [0, 0.05) is 4.88 Å². The minimum atomic E-state index is -0.436. The van der Waals surface area contributed by atoms with Gasteiger partial charge < -0.3 is 15.8 Å². The van der Waals surface area contributed by atoms with Crippen molar-refractivity contribution in [1.29, 1.82) is 0 Å². The number of nitrogens with zero attached hydrogens (tertiary/aromatic N) is 1. The second kappa shape index (κ2) is 6.71. The molecule has 7 heteroatoms. The van der Waals surface area contributed by atoms with Crippen molar-refractivity contribution >= 4 is 44.7 Å². The fourth-order valence-corrected chi connectivity index (χ4v) is 3.00. The molecule has 0 saturated heterocycles. The molecule has 0 saturated carbocycles. The number of aromatic nitrogens is 1. The van der Waals surface area contributed by atoms with E-state index < -0.39 is 5.97 Å². The highest BCUT2D eigenvalue weighted by atomic mass is 79.9. The van der Waals surface area contributed by atoms with E-state index in [-0.39, 0.29) is 0 Å². The number of pyridine rings is 1. The predicted molar refractivity (Wildman–Crippen MR) is 84.0 cm³/mol. The van der Waals surface area contributed by atoms with Crippen LogP contribution in [0.5, 0.6) is 0 Å². The molecule has 0 atom stereocenters. The molecule has 0 unspecified atom stereocenters. The first-order valence-electron chi connectivity index (χ1n) is 6.01.